The summed E-state index contributed by atoms with van der Waals surface area (Å²) in [6.45, 7) is 0. The van der Waals surface area contributed by atoms with Gasteiger partial charge in [0.2, 0.25) is 5.82 Å². The summed E-state index contributed by atoms with van der Waals surface area (Å²) in [6.07, 6.45) is 4.69. The molecule has 2 rings (SSSR count). The van der Waals surface area contributed by atoms with Crippen molar-refractivity contribution >= 4 is 18.0 Å². The monoisotopic (exact) mass is 254 g/mol. The number of aromatic nitrogens is 2. The van der Waals surface area contributed by atoms with E-state index in [0.29, 0.717) is 11.4 Å². The van der Waals surface area contributed by atoms with Crippen molar-refractivity contribution in [1.29, 1.82) is 5.26 Å². The summed E-state index contributed by atoms with van der Waals surface area (Å²) in [5.41, 5.74) is 1.48. The lowest BCUT2D eigenvalue weighted by Crippen LogP contribution is -1.98. The lowest BCUT2D eigenvalue weighted by Gasteiger charge is -1.95. The molecule has 0 spiro atoms. The number of nitro groups is 1. The van der Waals surface area contributed by atoms with Crippen LogP contribution in [-0.2, 0) is 7.05 Å². The Bertz CT molecular complexity index is 678. The quantitative estimate of drug-likeness (QED) is 0.621. The third-order valence-electron chi connectivity index (χ3n) is 2.65. The van der Waals surface area contributed by atoms with Crippen molar-refractivity contribution in [1.82, 2.24) is 9.55 Å². The second-order valence-corrected chi connectivity index (χ2v) is 3.86. The lowest BCUT2D eigenvalue weighted by atomic mass is 10.1. The van der Waals surface area contributed by atoms with Crippen LogP contribution in [0.1, 0.15) is 17.0 Å². The van der Waals surface area contributed by atoms with Gasteiger partial charge in [0.1, 0.15) is 6.20 Å². The van der Waals surface area contributed by atoms with Crippen LogP contribution in [0, 0.1) is 21.4 Å². The average molecular weight is 254 g/mol. The maximum Gasteiger partial charge on any atom is 0.342 e. The molecule has 0 aliphatic carbocycles. The van der Waals surface area contributed by atoms with Gasteiger partial charge in [0.05, 0.1) is 18.7 Å². The van der Waals surface area contributed by atoms with Crippen LogP contribution in [0.25, 0.3) is 12.2 Å². The first-order valence-corrected chi connectivity index (χ1v) is 5.46. The number of benzene rings is 1. The normalized spacial score (nSPS) is 10.5. The van der Waals surface area contributed by atoms with Gasteiger partial charge in [-0.05, 0) is 28.7 Å². The molecule has 0 fully saturated rings. The zero-order valence-corrected chi connectivity index (χ0v) is 10.1. The third-order valence-corrected chi connectivity index (χ3v) is 2.65. The second-order valence-electron chi connectivity index (χ2n) is 3.86. The van der Waals surface area contributed by atoms with E-state index in [1.807, 2.05) is 6.07 Å². The molecule has 2 aromatic rings. The molecule has 0 amide bonds. The highest BCUT2D eigenvalue weighted by molar-refractivity contribution is 5.67. The predicted octanol–water partition coefficient (Wildman–Crippen LogP) is 2.37. The van der Waals surface area contributed by atoms with E-state index in [2.05, 4.69) is 4.98 Å². The highest BCUT2D eigenvalue weighted by atomic mass is 16.6. The lowest BCUT2D eigenvalue weighted by molar-refractivity contribution is -0.391. The van der Waals surface area contributed by atoms with Gasteiger partial charge >= 0.3 is 5.82 Å². The molecule has 94 valence electrons. The minimum atomic E-state index is -0.480. The summed E-state index contributed by atoms with van der Waals surface area (Å²) < 4.78 is 1.40. The van der Waals surface area contributed by atoms with Crippen LogP contribution in [0.2, 0.25) is 0 Å². The fourth-order valence-electron chi connectivity index (χ4n) is 1.58. The molecule has 0 aliphatic heterocycles. The molecule has 0 saturated carbocycles. The van der Waals surface area contributed by atoms with Gasteiger partial charge in [-0.25, -0.2) is 9.55 Å². The molecule has 0 radical (unpaired) electrons. The first-order chi connectivity index (χ1) is 9.11. The van der Waals surface area contributed by atoms with Crippen molar-refractivity contribution in [3.05, 3.63) is 57.5 Å². The number of nitrogens with zero attached hydrogens (tertiary/aromatic N) is 4. The van der Waals surface area contributed by atoms with Gasteiger partial charge in [-0.1, -0.05) is 12.1 Å². The number of rotatable bonds is 3. The van der Waals surface area contributed by atoms with E-state index in [1.54, 1.807) is 43.5 Å². The topological polar surface area (TPSA) is 84.8 Å². The highest BCUT2D eigenvalue weighted by Gasteiger charge is 2.13. The molecule has 0 bridgehead atoms. The summed E-state index contributed by atoms with van der Waals surface area (Å²) >= 11 is 0. The van der Waals surface area contributed by atoms with Crippen LogP contribution in [0.15, 0.2) is 30.5 Å². The maximum absolute atomic E-state index is 10.7. The number of hydrogen-bond acceptors (Lipinski definition) is 4. The Labute approximate surface area is 109 Å². The van der Waals surface area contributed by atoms with Gasteiger partial charge in [0.15, 0.2) is 0 Å². The van der Waals surface area contributed by atoms with Gasteiger partial charge in [-0.2, -0.15) is 5.26 Å². The van der Waals surface area contributed by atoms with E-state index >= 15 is 0 Å². The zero-order valence-electron chi connectivity index (χ0n) is 10.1. The average Bonchev–Trinajstić information content (AvgIpc) is 2.78. The Morgan fingerprint density at radius 1 is 1.37 bits per heavy atom. The SMILES string of the molecule is Cn1c([N+](=O)[O-])cnc1C=Cc1ccc(C#N)cc1. The largest absolute Gasteiger partial charge is 0.358 e. The van der Waals surface area contributed by atoms with Crippen molar-refractivity contribution in [3.8, 4) is 6.07 Å². The Hall–Kier alpha value is -2.94. The molecule has 1 aromatic carbocycles. The van der Waals surface area contributed by atoms with Crippen LogP contribution in [0.3, 0.4) is 0 Å². The van der Waals surface area contributed by atoms with Crippen LogP contribution in [0.5, 0.6) is 0 Å². The Balaban J connectivity index is 2.23. The first-order valence-electron chi connectivity index (χ1n) is 5.46. The smallest absolute Gasteiger partial charge is 0.342 e. The van der Waals surface area contributed by atoms with Crippen molar-refractivity contribution in [2.75, 3.05) is 0 Å². The van der Waals surface area contributed by atoms with Crippen molar-refractivity contribution in [2.24, 2.45) is 7.05 Å². The van der Waals surface area contributed by atoms with Gasteiger partial charge in [0.25, 0.3) is 0 Å². The molecule has 0 unspecified atom stereocenters. The molecule has 6 nitrogen and oxygen atoms in total. The fraction of sp³-hybridized carbons (Fsp3) is 0.0769. The molecular weight excluding hydrogens is 244 g/mol. The molecule has 6 heteroatoms. The first kappa shape index (κ1) is 12.5. The fourth-order valence-corrected chi connectivity index (χ4v) is 1.58. The van der Waals surface area contributed by atoms with Crippen LogP contribution < -0.4 is 0 Å². The Morgan fingerprint density at radius 2 is 2.05 bits per heavy atom. The van der Waals surface area contributed by atoms with Gasteiger partial charge < -0.3 is 10.1 Å². The van der Waals surface area contributed by atoms with E-state index in [0.717, 1.165) is 5.56 Å². The minimum absolute atomic E-state index is 0.0560. The second kappa shape index (κ2) is 5.14. The highest BCUT2D eigenvalue weighted by Crippen LogP contribution is 2.14. The predicted molar refractivity (Wildman–Crippen MR) is 69.9 cm³/mol. The van der Waals surface area contributed by atoms with Gasteiger partial charge in [-0.15, -0.1) is 0 Å². The van der Waals surface area contributed by atoms with E-state index < -0.39 is 4.92 Å². The third kappa shape index (κ3) is 2.66. The van der Waals surface area contributed by atoms with Crippen molar-refractivity contribution in [3.63, 3.8) is 0 Å². The summed E-state index contributed by atoms with van der Waals surface area (Å²) in [5.74, 6) is 0.440. The van der Waals surface area contributed by atoms with E-state index in [1.165, 1.54) is 10.8 Å². The molecule has 1 aromatic heterocycles. The Kier molecular flexibility index (Phi) is 3.39. The van der Waals surface area contributed by atoms with Crippen LogP contribution in [0.4, 0.5) is 5.82 Å². The van der Waals surface area contributed by atoms with E-state index in [9.17, 15) is 10.1 Å². The molecule has 1 heterocycles. The van der Waals surface area contributed by atoms with Gasteiger partial charge in [0, 0.05) is 6.08 Å². The van der Waals surface area contributed by atoms with Crippen LogP contribution in [-0.4, -0.2) is 14.5 Å². The number of hydrogen-bond donors (Lipinski definition) is 0. The van der Waals surface area contributed by atoms with E-state index in [4.69, 9.17) is 5.26 Å². The maximum atomic E-state index is 10.7. The molecule has 0 aliphatic rings. The summed E-state index contributed by atoms with van der Waals surface area (Å²) in [5, 5.41) is 19.4. The van der Waals surface area contributed by atoms with Gasteiger partial charge in [-0.3, -0.25) is 0 Å². The Morgan fingerprint density at radius 3 is 2.58 bits per heavy atom. The molecule has 19 heavy (non-hydrogen) atoms. The van der Waals surface area contributed by atoms with Crippen molar-refractivity contribution < 1.29 is 4.92 Å². The number of nitriles is 1. The summed E-state index contributed by atoms with van der Waals surface area (Å²) in [6, 6.07) is 9.05. The molecule has 0 atom stereocenters. The summed E-state index contributed by atoms with van der Waals surface area (Å²) in [7, 11) is 1.59. The molecule has 0 N–H and O–H groups in total. The summed E-state index contributed by atoms with van der Waals surface area (Å²) in [4.78, 5) is 14.2. The molecule has 0 saturated heterocycles. The minimum Gasteiger partial charge on any atom is -0.358 e. The van der Waals surface area contributed by atoms with Crippen molar-refractivity contribution in [2.45, 2.75) is 0 Å². The zero-order chi connectivity index (χ0) is 13.8. The standard InChI is InChI=1S/C13H10N4O2/c1-16-12(15-9-13(16)17(18)19)7-6-10-2-4-11(8-14)5-3-10/h2-7,9H,1H3. The van der Waals surface area contributed by atoms with Crippen LogP contribution >= 0.6 is 0 Å². The van der Waals surface area contributed by atoms with E-state index in [-0.39, 0.29) is 5.82 Å². The number of imidazole rings is 1. The molecular formula is C13H10N4O2.